The second-order valence-electron chi connectivity index (χ2n) is 2.50. The molecule has 0 aliphatic carbocycles. The fourth-order valence-electron chi connectivity index (χ4n) is 0.838. The molecule has 0 bridgehead atoms. The molecule has 0 aliphatic rings. The first-order valence-electron chi connectivity index (χ1n) is 3.91. The Balaban J connectivity index is 2.89. The molecule has 0 saturated carbocycles. The van der Waals surface area contributed by atoms with Crippen LogP contribution >= 0.6 is 0 Å². The SMILES string of the molecule is NCCC#Cc1cc(F)ccc1O. The van der Waals surface area contributed by atoms with Crippen LogP contribution in [-0.4, -0.2) is 11.7 Å². The van der Waals surface area contributed by atoms with Crippen molar-refractivity contribution < 1.29 is 9.50 Å². The van der Waals surface area contributed by atoms with Gasteiger partial charge in [0.1, 0.15) is 11.6 Å². The topological polar surface area (TPSA) is 46.2 Å². The van der Waals surface area contributed by atoms with Crippen LogP contribution in [0.2, 0.25) is 0 Å². The predicted molar refractivity (Wildman–Crippen MR) is 48.6 cm³/mol. The zero-order valence-electron chi connectivity index (χ0n) is 7.05. The molecular weight excluding hydrogens is 169 g/mol. The monoisotopic (exact) mass is 179 g/mol. The summed E-state index contributed by atoms with van der Waals surface area (Å²) in [6, 6.07) is 3.66. The van der Waals surface area contributed by atoms with Crippen LogP contribution in [0.15, 0.2) is 18.2 Å². The number of aromatic hydroxyl groups is 1. The first-order valence-corrected chi connectivity index (χ1v) is 3.91. The van der Waals surface area contributed by atoms with E-state index in [1.165, 1.54) is 18.2 Å². The van der Waals surface area contributed by atoms with Crippen molar-refractivity contribution >= 4 is 0 Å². The molecule has 1 aromatic carbocycles. The van der Waals surface area contributed by atoms with Crippen LogP contribution < -0.4 is 5.73 Å². The highest BCUT2D eigenvalue weighted by atomic mass is 19.1. The Morgan fingerprint density at radius 3 is 2.92 bits per heavy atom. The average Bonchev–Trinajstić information content (AvgIpc) is 2.11. The molecule has 0 fully saturated rings. The zero-order chi connectivity index (χ0) is 9.68. The molecule has 0 spiro atoms. The van der Waals surface area contributed by atoms with Gasteiger partial charge < -0.3 is 10.8 Å². The molecule has 3 heteroatoms. The van der Waals surface area contributed by atoms with E-state index in [0.29, 0.717) is 18.5 Å². The van der Waals surface area contributed by atoms with Gasteiger partial charge in [0.15, 0.2) is 0 Å². The Labute approximate surface area is 76.2 Å². The zero-order valence-corrected chi connectivity index (χ0v) is 7.05. The van der Waals surface area contributed by atoms with Crippen LogP contribution in [0.5, 0.6) is 5.75 Å². The van der Waals surface area contributed by atoms with Gasteiger partial charge in [-0.15, -0.1) is 0 Å². The van der Waals surface area contributed by atoms with Crippen molar-refractivity contribution in [2.45, 2.75) is 6.42 Å². The van der Waals surface area contributed by atoms with Crippen molar-refractivity contribution in [2.24, 2.45) is 5.73 Å². The minimum Gasteiger partial charge on any atom is -0.507 e. The van der Waals surface area contributed by atoms with Crippen LogP contribution in [0.1, 0.15) is 12.0 Å². The first-order chi connectivity index (χ1) is 6.24. The van der Waals surface area contributed by atoms with Gasteiger partial charge in [0.05, 0.1) is 5.56 Å². The van der Waals surface area contributed by atoms with E-state index in [4.69, 9.17) is 5.73 Å². The summed E-state index contributed by atoms with van der Waals surface area (Å²) >= 11 is 0. The quantitative estimate of drug-likeness (QED) is 0.637. The van der Waals surface area contributed by atoms with Gasteiger partial charge in [-0.3, -0.25) is 0 Å². The normalized spacial score (nSPS) is 9.08. The summed E-state index contributed by atoms with van der Waals surface area (Å²) in [5.74, 6) is 4.94. The highest BCUT2D eigenvalue weighted by Crippen LogP contribution is 2.16. The molecule has 0 aromatic heterocycles. The number of benzene rings is 1. The van der Waals surface area contributed by atoms with E-state index >= 15 is 0 Å². The smallest absolute Gasteiger partial charge is 0.131 e. The van der Waals surface area contributed by atoms with E-state index in [1.807, 2.05) is 0 Å². The lowest BCUT2D eigenvalue weighted by molar-refractivity contribution is 0.471. The third-order valence-electron chi connectivity index (χ3n) is 1.45. The van der Waals surface area contributed by atoms with E-state index < -0.39 is 5.82 Å². The maximum atomic E-state index is 12.7. The largest absolute Gasteiger partial charge is 0.507 e. The van der Waals surface area contributed by atoms with Crippen molar-refractivity contribution in [3.8, 4) is 17.6 Å². The Morgan fingerprint density at radius 1 is 1.46 bits per heavy atom. The number of halogens is 1. The van der Waals surface area contributed by atoms with Gasteiger partial charge in [0, 0.05) is 13.0 Å². The van der Waals surface area contributed by atoms with Crippen LogP contribution in [0.4, 0.5) is 4.39 Å². The van der Waals surface area contributed by atoms with Gasteiger partial charge in [-0.2, -0.15) is 0 Å². The number of rotatable bonds is 1. The standard InChI is InChI=1S/C10H10FNO/c11-9-4-5-10(13)8(7-9)3-1-2-6-12/h4-5,7,13H,2,6,12H2. The predicted octanol–water partition coefficient (Wildman–Crippen LogP) is 1.23. The van der Waals surface area contributed by atoms with Crippen molar-refractivity contribution in [1.82, 2.24) is 0 Å². The number of phenols is 1. The fourth-order valence-corrected chi connectivity index (χ4v) is 0.838. The van der Waals surface area contributed by atoms with Crippen molar-refractivity contribution in [1.29, 1.82) is 0 Å². The Hall–Kier alpha value is -1.53. The van der Waals surface area contributed by atoms with Gasteiger partial charge in [-0.1, -0.05) is 11.8 Å². The minimum absolute atomic E-state index is 0.00841. The maximum absolute atomic E-state index is 12.7. The van der Waals surface area contributed by atoms with Crippen LogP contribution in [0.25, 0.3) is 0 Å². The molecule has 2 nitrogen and oxygen atoms in total. The van der Waals surface area contributed by atoms with E-state index in [9.17, 15) is 9.50 Å². The molecule has 0 aliphatic heterocycles. The van der Waals surface area contributed by atoms with Crippen molar-refractivity contribution in [3.63, 3.8) is 0 Å². The lowest BCUT2D eigenvalue weighted by Gasteiger charge is -1.95. The molecule has 3 N–H and O–H groups in total. The lowest BCUT2D eigenvalue weighted by atomic mass is 10.2. The van der Waals surface area contributed by atoms with Gasteiger partial charge in [0.2, 0.25) is 0 Å². The molecule has 0 atom stereocenters. The minimum atomic E-state index is -0.408. The number of phenolic OH excluding ortho intramolecular Hbond substituents is 1. The van der Waals surface area contributed by atoms with Crippen LogP contribution in [0.3, 0.4) is 0 Å². The van der Waals surface area contributed by atoms with Crippen LogP contribution in [0, 0.1) is 17.7 Å². The molecule has 13 heavy (non-hydrogen) atoms. The van der Waals surface area contributed by atoms with E-state index in [1.54, 1.807) is 0 Å². The van der Waals surface area contributed by atoms with E-state index in [-0.39, 0.29) is 5.75 Å². The molecule has 68 valence electrons. The summed E-state index contributed by atoms with van der Waals surface area (Å²) in [7, 11) is 0. The molecule has 0 heterocycles. The van der Waals surface area contributed by atoms with Crippen molar-refractivity contribution in [2.75, 3.05) is 6.54 Å². The van der Waals surface area contributed by atoms with Gasteiger partial charge >= 0.3 is 0 Å². The second-order valence-corrected chi connectivity index (χ2v) is 2.50. The molecule has 0 unspecified atom stereocenters. The summed E-state index contributed by atoms with van der Waals surface area (Å²) in [5, 5.41) is 9.23. The second kappa shape index (κ2) is 4.48. The Bertz CT molecular complexity index is 352. The Kier molecular flexibility index (Phi) is 3.30. The molecule has 1 rings (SSSR count). The van der Waals surface area contributed by atoms with Gasteiger partial charge in [-0.05, 0) is 18.2 Å². The first kappa shape index (κ1) is 9.56. The van der Waals surface area contributed by atoms with E-state index in [2.05, 4.69) is 11.8 Å². The number of nitrogens with two attached hydrogens (primary N) is 1. The molecule has 0 saturated heterocycles. The summed E-state index contributed by atoms with van der Waals surface area (Å²) < 4.78 is 12.7. The molecule has 0 amide bonds. The summed E-state index contributed by atoms with van der Waals surface area (Å²) in [4.78, 5) is 0. The lowest BCUT2D eigenvalue weighted by Crippen LogP contribution is -1.95. The third-order valence-corrected chi connectivity index (χ3v) is 1.45. The summed E-state index contributed by atoms with van der Waals surface area (Å²) in [5.41, 5.74) is 5.52. The Morgan fingerprint density at radius 2 is 2.23 bits per heavy atom. The van der Waals surface area contributed by atoms with Crippen molar-refractivity contribution in [3.05, 3.63) is 29.6 Å². The van der Waals surface area contributed by atoms with Crippen LogP contribution in [-0.2, 0) is 0 Å². The summed E-state index contributed by atoms with van der Waals surface area (Å²) in [6.07, 6.45) is 0.538. The molecular formula is C10H10FNO. The highest BCUT2D eigenvalue weighted by molar-refractivity contribution is 5.45. The fraction of sp³-hybridized carbons (Fsp3) is 0.200. The van der Waals surface area contributed by atoms with E-state index in [0.717, 1.165) is 0 Å². The van der Waals surface area contributed by atoms with Gasteiger partial charge in [-0.25, -0.2) is 4.39 Å². The summed E-state index contributed by atoms with van der Waals surface area (Å²) in [6.45, 7) is 0.461. The highest BCUT2D eigenvalue weighted by Gasteiger charge is 1.98. The maximum Gasteiger partial charge on any atom is 0.131 e. The molecule has 0 radical (unpaired) electrons. The third kappa shape index (κ3) is 2.77. The number of hydrogen-bond acceptors (Lipinski definition) is 2. The number of hydrogen-bond donors (Lipinski definition) is 2. The molecule has 1 aromatic rings. The van der Waals surface area contributed by atoms with Gasteiger partial charge in [0.25, 0.3) is 0 Å². The average molecular weight is 179 g/mol.